The molecule has 0 radical (unpaired) electrons. The van der Waals surface area contributed by atoms with Crippen LogP contribution in [0.1, 0.15) is 33.1 Å². The molecule has 1 heterocycles. The molecular weight excluding hydrogens is 433 g/mol. The van der Waals surface area contributed by atoms with Gasteiger partial charge in [-0.1, -0.05) is 60.7 Å². The highest BCUT2D eigenvalue weighted by Gasteiger charge is 2.17. The molecule has 0 saturated heterocycles. The quantitative estimate of drug-likeness (QED) is 0.363. The van der Waals surface area contributed by atoms with Gasteiger partial charge in [0.05, 0.1) is 13.7 Å². The monoisotopic (exact) mass is 459 g/mol. The van der Waals surface area contributed by atoms with Crippen LogP contribution in [-0.4, -0.2) is 22.9 Å². The molecule has 174 valence electrons. The van der Waals surface area contributed by atoms with Gasteiger partial charge in [0.15, 0.2) is 5.69 Å². The lowest BCUT2D eigenvalue weighted by molar-refractivity contribution is 0.0945. The molecule has 0 unspecified atom stereocenters. The molecule has 0 aliphatic rings. The maximum Gasteiger partial charge on any atom is 0.273 e. The summed E-state index contributed by atoms with van der Waals surface area (Å²) in [7, 11) is 1.64. The highest BCUT2D eigenvalue weighted by atomic mass is 19.1. The van der Waals surface area contributed by atoms with Crippen LogP contribution in [0.15, 0.2) is 89.5 Å². The molecule has 4 rings (SSSR count). The number of carbonyl (C=O) groups is 1. The van der Waals surface area contributed by atoms with Gasteiger partial charge in [0.1, 0.15) is 17.8 Å². The average Bonchev–Trinajstić information content (AvgIpc) is 3.33. The third-order valence-electron chi connectivity index (χ3n) is 5.35. The van der Waals surface area contributed by atoms with E-state index in [2.05, 4.69) is 15.2 Å². The van der Waals surface area contributed by atoms with E-state index in [0.717, 1.165) is 22.4 Å². The van der Waals surface area contributed by atoms with E-state index in [1.165, 1.54) is 18.4 Å². The number of methoxy groups -OCH3 is 1. The van der Waals surface area contributed by atoms with Gasteiger partial charge in [0, 0.05) is 25.2 Å². The average molecular weight is 460 g/mol. The van der Waals surface area contributed by atoms with Crippen LogP contribution in [0.25, 0.3) is 0 Å². The number of nitrogens with one attached hydrogen (secondary N) is 1. The highest BCUT2D eigenvalue weighted by molar-refractivity contribution is 5.91. The van der Waals surface area contributed by atoms with Gasteiger partial charge in [-0.05, 0) is 29.3 Å². The Kier molecular flexibility index (Phi) is 7.67. The summed E-state index contributed by atoms with van der Waals surface area (Å²) in [6.45, 7) is 1.86. The molecule has 1 aromatic heterocycles. The standard InChI is InChI=1S/C27H26FN3O3/c1-33-25-10-6-5-9-22(25)17-31(16-21-11-13-23(28)14-12-21)18-26-30-24(19-34-26)27(32)29-15-20-7-3-2-4-8-20/h2-14,19H,15-18H2,1H3,(H,29,32). The minimum absolute atomic E-state index is 0.227. The van der Waals surface area contributed by atoms with Crippen molar-refractivity contribution in [3.8, 4) is 5.75 Å². The molecule has 3 aromatic carbocycles. The molecule has 0 spiro atoms. The zero-order valence-electron chi connectivity index (χ0n) is 18.9. The SMILES string of the molecule is COc1ccccc1CN(Cc1ccc(F)cc1)Cc1nc(C(=O)NCc2ccccc2)co1. The first-order valence-corrected chi connectivity index (χ1v) is 11.0. The Hall–Kier alpha value is -3.97. The van der Waals surface area contributed by atoms with Crippen molar-refractivity contribution in [1.29, 1.82) is 0 Å². The van der Waals surface area contributed by atoms with E-state index in [1.807, 2.05) is 54.6 Å². The second-order valence-electron chi connectivity index (χ2n) is 7.88. The smallest absolute Gasteiger partial charge is 0.273 e. The van der Waals surface area contributed by atoms with Crippen LogP contribution in [0.4, 0.5) is 4.39 Å². The van der Waals surface area contributed by atoms with Gasteiger partial charge in [-0.3, -0.25) is 9.69 Å². The fourth-order valence-electron chi connectivity index (χ4n) is 3.64. The predicted octanol–water partition coefficient (Wildman–Crippen LogP) is 4.95. The van der Waals surface area contributed by atoms with Gasteiger partial charge < -0.3 is 14.5 Å². The first kappa shape index (κ1) is 23.2. The van der Waals surface area contributed by atoms with Gasteiger partial charge in [0.2, 0.25) is 5.89 Å². The number of aromatic nitrogens is 1. The van der Waals surface area contributed by atoms with Gasteiger partial charge in [-0.15, -0.1) is 0 Å². The van der Waals surface area contributed by atoms with Crippen molar-refractivity contribution in [3.05, 3.63) is 119 Å². The molecular formula is C27H26FN3O3. The third kappa shape index (κ3) is 6.30. The van der Waals surface area contributed by atoms with Gasteiger partial charge >= 0.3 is 0 Å². The predicted molar refractivity (Wildman–Crippen MR) is 126 cm³/mol. The van der Waals surface area contributed by atoms with Gasteiger partial charge in [0.25, 0.3) is 5.91 Å². The van der Waals surface area contributed by atoms with Crippen molar-refractivity contribution in [2.24, 2.45) is 0 Å². The summed E-state index contributed by atoms with van der Waals surface area (Å²) in [5.41, 5.74) is 3.18. The number of rotatable bonds is 10. The summed E-state index contributed by atoms with van der Waals surface area (Å²) in [6.07, 6.45) is 1.37. The van der Waals surface area contributed by atoms with E-state index >= 15 is 0 Å². The molecule has 1 amide bonds. The Balaban J connectivity index is 1.46. The van der Waals surface area contributed by atoms with Gasteiger partial charge in [-0.2, -0.15) is 0 Å². The topological polar surface area (TPSA) is 67.6 Å². The van der Waals surface area contributed by atoms with Crippen LogP contribution >= 0.6 is 0 Å². The second-order valence-corrected chi connectivity index (χ2v) is 7.88. The Morgan fingerprint density at radius 3 is 2.44 bits per heavy atom. The lowest BCUT2D eigenvalue weighted by Gasteiger charge is -2.22. The fraction of sp³-hybridized carbons (Fsp3) is 0.185. The maximum atomic E-state index is 13.4. The largest absolute Gasteiger partial charge is 0.496 e. The molecule has 0 bridgehead atoms. The van der Waals surface area contributed by atoms with E-state index < -0.39 is 0 Å². The van der Waals surface area contributed by atoms with Crippen LogP contribution in [0, 0.1) is 5.82 Å². The zero-order valence-corrected chi connectivity index (χ0v) is 18.9. The number of amides is 1. The van der Waals surface area contributed by atoms with E-state index in [0.29, 0.717) is 32.1 Å². The Morgan fingerprint density at radius 1 is 0.941 bits per heavy atom. The van der Waals surface area contributed by atoms with E-state index in [-0.39, 0.29) is 17.4 Å². The number of hydrogen-bond donors (Lipinski definition) is 1. The van der Waals surface area contributed by atoms with Crippen molar-refractivity contribution in [3.63, 3.8) is 0 Å². The fourth-order valence-corrected chi connectivity index (χ4v) is 3.64. The van der Waals surface area contributed by atoms with E-state index in [9.17, 15) is 9.18 Å². The van der Waals surface area contributed by atoms with Crippen molar-refractivity contribution in [1.82, 2.24) is 15.2 Å². The number of carbonyl (C=O) groups excluding carboxylic acids is 1. The molecule has 0 atom stereocenters. The van der Waals surface area contributed by atoms with E-state index in [4.69, 9.17) is 9.15 Å². The Labute approximate surface area is 198 Å². The summed E-state index contributed by atoms with van der Waals surface area (Å²) in [5, 5.41) is 2.85. The van der Waals surface area contributed by atoms with Crippen molar-refractivity contribution in [2.45, 2.75) is 26.2 Å². The van der Waals surface area contributed by atoms with Crippen LogP contribution < -0.4 is 10.1 Å². The van der Waals surface area contributed by atoms with Crippen LogP contribution in [0.2, 0.25) is 0 Å². The minimum Gasteiger partial charge on any atom is -0.496 e. The second kappa shape index (κ2) is 11.2. The van der Waals surface area contributed by atoms with Crippen LogP contribution in [0.3, 0.4) is 0 Å². The number of nitrogens with zero attached hydrogens (tertiary/aromatic N) is 2. The number of halogens is 1. The number of para-hydroxylation sites is 1. The molecule has 34 heavy (non-hydrogen) atoms. The molecule has 0 aliphatic carbocycles. The first-order chi connectivity index (χ1) is 16.6. The molecule has 0 fully saturated rings. The molecule has 7 heteroatoms. The first-order valence-electron chi connectivity index (χ1n) is 11.0. The zero-order chi connectivity index (χ0) is 23.8. The summed E-state index contributed by atoms with van der Waals surface area (Å²) in [5.74, 6) is 0.620. The minimum atomic E-state index is -0.298. The number of ether oxygens (including phenoxy) is 1. The third-order valence-corrected chi connectivity index (χ3v) is 5.35. The van der Waals surface area contributed by atoms with Crippen molar-refractivity contribution in [2.75, 3.05) is 7.11 Å². The molecule has 0 aliphatic heterocycles. The number of hydrogen-bond acceptors (Lipinski definition) is 5. The van der Waals surface area contributed by atoms with Crippen molar-refractivity contribution < 1.29 is 18.3 Å². The Bertz CT molecular complexity index is 1210. The van der Waals surface area contributed by atoms with Crippen molar-refractivity contribution >= 4 is 5.91 Å². The molecule has 1 N–H and O–H groups in total. The molecule has 4 aromatic rings. The highest BCUT2D eigenvalue weighted by Crippen LogP contribution is 2.22. The lowest BCUT2D eigenvalue weighted by atomic mass is 10.1. The molecule has 0 saturated carbocycles. The lowest BCUT2D eigenvalue weighted by Crippen LogP contribution is -2.24. The number of benzene rings is 3. The van der Waals surface area contributed by atoms with Crippen LogP contribution in [0.5, 0.6) is 5.75 Å². The van der Waals surface area contributed by atoms with Gasteiger partial charge in [-0.25, -0.2) is 9.37 Å². The summed E-state index contributed by atoms with van der Waals surface area (Å²) in [4.78, 5) is 19.0. The van der Waals surface area contributed by atoms with Crippen LogP contribution in [-0.2, 0) is 26.2 Å². The summed E-state index contributed by atoms with van der Waals surface area (Å²) in [6, 6.07) is 23.8. The summed E-state index contributed by atoms with van der Waals surface area (Å²) < 4.78 is 24.5. The molecule has 6 nitrogen and oxygen atoms in total. The summed E-state index contributed by atoms with van der Waals surface area (Å²) >= 11 is 0. The Morgan fingerprint density at radius 2 is 1.68 bits per heavy atom. The number of oxazole rings is 1. The maximum absolute atomic E-state index is 13.4. The van der Waals surface area contributed by atoms with E-state index in [1.54, 1.807) is 19.2 Å². The normalized spacial score (nSPS) is 10.9.